The van der Waals surface area contributed by atoms with Gasteiger partial charge in [-0.3, -0.25) is 4.57 Å². The Hall–Kier alpha value is -1.59. The highest BCUT2D eigenvalue weighted by Crippen LogP contribution is 2.30. The Balaban J connectivity index is 2.39. The molecule has 0 aliphatic rings. The van der Waals surface area contributed by atoms with Gasteiger partial charge in [0.25, 0.3) is 0 Å². The molecule has 0 unspecified atom stereocenters. The smallest absolute Gasteiger partial charge is 0.207 e. The maximum Gasteiger partial charge on any atom is 0.207 e. The SMILES string of the molecule is Cc1ccnc2c1nc(N)n2-c1cc(Cl)ccc1Br. The van der Waals surface area contributed by atoms with Gasteiger partial charge in [-0.05, 0) is 52.7 Å². The van der Waals surface area contributed by atoms with Gasteiger partial charge in [-0.15, -0.1) is 0 Å². The summed E-state index contributed by atoms with van der Waals surface area (Å²) in [5, 5.41) is 0.632. The molecule has 0 aliphatic carbocycles. The summed E-state index contributed by atoms with van der Waals surface area (Å²) in [5.41, 5.74) is 9.40. The molecule has 4 nitrogen and oxygen atoms in total. The van der Waals surface area contributed by atoms with Gasteiger partial charge >= 0.3 is 0 Å². The molecule has 0 radical (unpaired) electrons. The number of aryl methyl sites for hydroxylation is 1. The molecule has 2 heterocycles. The summed E-state index contributed by atoms with van der Waals surface area (Å²) in [6, 6.07) is 7.42. The van der Waals surface area contributed by atoms with Gasteiger partial charge in [0.2, 0.25) is 5.95 Å². The Morgan fingerprint density at radius 1 is 1.32 bits per heavy atom. The molecule has 0 amide bonds. The molecule has 0 saturated carbocycles. The van der Waals surface area contributed by atoms with Crippen molar-refractivity contribution in [2.24, 2.45) is 0 Å². The summed E-state index contributed by atoms with van der Waals surface area (Å²) in [5.74, 6) is 0.389. The van der Waals surface area contributed by atoms with E-state index in [2.05, 4.69) is 25.9 Å². The Morgan fingerprint density at radius 2 is 2.11 bits per heavy atom. The number of pyridine rings is 1. The first-order valence-electron chi connectivity index (χ1n) is 5.63. The van der Waals surface area contributed by atoms with Gasteiger partial charge < -0.3 is 5.73 Å². The van der Waals surface area contributed by atoms with Gasteiger partial charge in [0.1, 0.15) is 5.52 Å². The molecule has 19 heavy (non-hydrogen) atoms. The van der Waals surface area contributed by atoms with Crippen LogP contribution in [0.4, 0.5) is 5.95 Å². The molecule has 3 rings (SSSR count). The molecule has 3 aromatic rings. The Labute approximate surface area is 123 Å². The van der Waals surface area contributed by atoms with E-state index in [0.717, 1.165) is 26.9 Å². The number of hydrogen-bond donors (Lipinski definition) is 1. The van der Waals surface area contributed by atoms with E-state index in [0.29, 0.717) is 11.0 Å². The van der Waals surface area contributed by atoms with Gasteiger partial charge in [-0.2, -0.15) is 0 Å². The second-order valence-corrected chi connectivity index (χ2v) is 5.49. The fourth-order valence-corrected chi connectivity index (χ4v) is 2.60. The molecule has 2 N–H and O–H groups in total. The number of rotatable bonds is 1. The maximum atomic E-state index is 6.05. The molecule has 0 atom stereocenters. The highest BCUT2D eigenvalue weighted by Gasteiger charge is 2.15. The molecule has 96 valence electrons. The van der Waals surface area contributed by atoms with Crippen LogP contribution in [0.15, 0.2) is 34.9 Å². The zero-order valence-corrected chi connectivity index (χ0v) is 12.4. The van der Waals surface area contributed by atoms with Gasteiger partial charge in [0.15, 0.2) is 5.65 Å². The van der Waals surface area contributed by atoms with E-state index in [1.807, 2.05) is 31.2 Å². The zero-order valence-electron chi connectivity index (χ0n) is 10.1. The third kappa shape index (κ3) is 1.99. The van der Waals surface area contributed by atoms with Crippen molar-refractivity contribution in [1.29, 1.82) is 0 Å². The van der Waals surface area contributed by atoms with Crippen LogP contribution in [0.25, 0.3) is 16.9 Å². The van der Waals surface area contributed by atoms with Crippen LogP contribution in [0, 0.1) is 6.92 Å². The second-order valence-electron chi connectivity index (χ2n) is 4.20. The summed E-state index contributed by atoms with van der Waals surface area (Å²) in [7, 11) is 0. The Bertz CT molecular complexity index is 782. The molecule has 1 aromatic carbocycles. The normalized spacial score (nSPS) is 11.1. The summed E-state index contributed by atoms with van der Waals surface area (Å²) in [6.07, 6.45) is 1.74. The number of benzene rings is 1. The van der Waals surface area contributed by atoms with E-state index in [-0.39, 0.29) is 0 Å². The zero-order chi connectivity index (χ0) is 13.6. The van der Waals surface area contributed by atoms with Crippen molar-refractivity contribution >= 4 is 44.6 Å². The number of hydrogen-bond acceptors (Lipinski definition) is 3. The number of imidazole rings is 1. The van der Waals surface area contributed by atoms with Gasteiger partial charge in [-0.25, -0.2) is 9.97 Å². The number of nitrogens with two attached hydrogens (primary N) is 1. The van der Waals surface area contributed by atoms with Crippen LogP contribution in [-0.4, -0.2) is 14.5 Å². The van der Waals surface area contributed by atoms with E-state index >= 15 is 0 Å². The lowest BCUT2D eigenvalue weighted by molar-refractivity contribution is 1.08. The predicted molar refractivity (Wildman–Crippen MR) is 80.7 cm³/mol. The average Bonchev–Trinajstić information content (AvgIpc) is 2.70. The highest BCUT2D eigenvalue weighted by atomic mass is 79.9. The topological polar surface area (TPSA) is 56.7 Å². The summed E-state index contributed by atoms with van der Waals surface area (Å²) < 4.78 is 2.67. The standard InChI is InChI=1S/C13H10BrClN4/c1-7-4-5-17-12-11(7)18-13(16)19(12)10-6-8(15)2-3-9(10)14/h2-6H,1H3,(H2,16,18). The van der Waals surface area contributed by atoms with Crippen LogP contribution < -0.4 is 5.73 Å². The van der Waals surface area contributed by atoms with E-state index in [1.165, 1.54) is 0 Å². The van der Waals surface area contributed by atoms with E-state index in [4.69, 9.17) is 17.3 Å². The second kappa shape index (κ2) is 4.51. The molecule has 0 saturated heterocycles. The largest absolute Gasteiger partial charge is 0.369 e. The van der Waals surface area contributed by atoms with Crippen molar-refractivity contribution in [3.63, 3.8) is 0 Å². The van der Waals surface area contributed by atoms with Crippen molar-refractivity contribution < 1.29 is 0 Å². The first-order chi connectivity index (χ1) is 9.08. The molecule has 0 aliphatic heterocycles. The highest BCUT2D eigenvalue weighted by molar-refractivity contribution is 9.10. The van der Waals surface area contributed by atoms with Crippen LogP contribution in [-0.2, 0) is 0 Å². The Kier molecular flexibility index (Phi) is 2.95. The first-order valence-corrected chi connectivity index (χ1v) is 6.80. The number of halogens is 2. The van der Waals surface area contributed by atoms with Crippen molar-refractivity contribution in [3.8, 4) is 5.69 Å². The van der Waals surface area contributed by atoms with Crippen LogP contribution >= 0.6 is 27.5 Å². The molecule has 2 aromatic heterocycles. The molecule has 0 fully saturated rings. The predicted octanol–water partition coefficient (Wildman–Crippen LogP) is 3.73. The van der Waals surface area contributed by atoms with Crippen LogP contribution in [0.1, 0.15) is 5.56 Å². The van der Waals surface area contributed by atoms with Crippen LogP contribution in [0.2, 0.25) is 5.02 Å². The number of anilines is 1. The van der Waals surface area contributed by atoms with E-state index in [1.54, 1.807) is 10.8 Å². The lowest BCUT2D eigenvalue weighted by atomic mass is 10.2. The van der Waals surface area contributed by atoms with Crippen molar-refractivity contribution in [2.75, 3.05) is 5.73 Å². The minimum Gasteiger partial charge on any atom is -0.369 e. The molecule has 0 bridgehead atoms. The van der Waals surface area contributed by atoms with Crippen molar-refractivity contribution in [2.45, 2.75) is 6.92 Å². The molecule has 6 heteroatoms. The fourth-order valence-electron chi connectivity index (χ4n) is 2.01. The van der Waals surface area contributed by atoms with Crippen molar-refractivity contribution in [1.82, 2.24) is 14.5 Å². The van der Waals surface area contributed by atoms with Crippen LogP contribution in [0.5, 0.6) is 0 Å². The van der Waals surface area contributed by atoms with E-state index < -0.39 is 0 Å². The average molecular weight is 338 g/mol. The molecule has 0 spiro atoms. The van der Waals surface area contributed by atoms with E-state index in [9.17, 15) is 0 Å². The fraction of sp³-hybridized carbons (Fsp3) is 0.0769. The Morgan fingerprint density at radius 3 is 2.89 bits per heavy atom. The third-order valence-corrected chi connectivity index (χ3v) is 3.83. The lowest BCUT2D eigenvalue weighted by Crippen LogP contribution is -2.02. The van der Waals surface area contributed by atoms with Crippen LogP contribution in [0.3, 0.4) is 0 Å². The first kappa shape index (κ1) is 12.4. The summed E-state index contributed by atoms with van der Waals surface area (Å²) >= 11 is 9.55. The number of nitrogens with zero attached hydrogens (tertiary/aromatic N) is 3. The lowest BCUT2D eigenvalue weighted by Gasteiger charge is -2.08. The number of nitrogen functional groups attached to an aromatic ring is 1. The summed E-state index contributed by atoms with van der Waals surface area (Å²) in [6.45, 7) is 1.98. The minimum atomic E-state index is 0.389. The maximum absolute atomic E-state index is 6.05. The summed E-state index contributed by atoms with van der Waals surface area (Å²) in [4.78, 5) is 8.74. The van der Waals surface area contributed by atoms with Gasteiger partial charge in [0.05, 0.1) is 5.69 Å². The quantitative estimate of drug-likeness (QED) is 0.736. The van der Waals surface area contributed by atoms with Gasteiger partial charge in [-0.1, -0.05) is 11.6 Å². The number of aromatic nitrogens is 3. The monoisotopic (exact) mass is 336 g/mol. The third-order valence-electron chi connectivity index (χ3n) is 2.92. The number of fused-ring (bicyclic) bond motifs is 1. The minimum absolute atomic E-state index is 0.389. The molecular weight excluding hydrogens is 328 g/mol. The molecular formula is C13H10BrClN4. The van der Waals surface area contributed by atoms with Gasteiger partial charge in [0, 0.05) is 15.7 Å². The van der Waals surface area contributed by atoms with Crippen molar-refractivity contribution in [3.05, 3.63) is 45.5 Å².